The third kappa shape index (κ3) is 6.49. The number of aliphatic imine (C=N–C) groups is 1. The number of hydrogen-bond donors (Lipinski definition) is 2. The number of nitrogens with zero attached hydrogens (tertiary/aromatic N) is 3. The quantitative estimate of drug-likeness (QED) is 0.292. The average Bonchev–Trinajstić information content (AvgIpc) is 3.21. The lowest BCUT2D eigenvalue weighted by atomic mass is 10.1. The lowest BCUT2D eigenvalue weighted by Gasteiger charge is -2.12. The SMILES string of the molecule is CN=C(NCCc1ccc(C)c(OC)c1)NCc1cnn(-c2ccccc2)c1.I. The second-order valence-corrected chi connectivity index (χ2v) is 6.54. The monoisotopic (exact) mass is 505 g/mol. The van der Waals surface area contributed by atoms with E-state index in [1.54, 1.807) is 14.2 Å². The maximum absolute atomic E-state index is 5.39. The van der Waals surface area contributed by atoms with E-state index in [9.17, 15) is 0 Å². The Labute approximate surface area is 189 Å². The minimum Gasteiger partial charge on any atom is -0.496 e. The summed E-state index contributed by atoms with van der Waals surface area (Å²) in [6.07, 6.45) is 4.78. The van der Waals surface area contributed by atoms with Crippen molar-refractivity contribution in [3.05, 3.63) is 77.6 Å². The molecule has 3 aromatic rings. The molecule has 0 atom stereocenters. The Kier molecular flexibility index (Phi) is 8.98. The van der Waals surface area contributed by atoms with E-state index >= 15 is 0 Å². The second kappa shape index (κ2) is 11.5. The molecule has 0 amide bonds. The number of hydrogen-bond acceptors (Lipinski definition) is 3. The van der Waals surface area contributed by atoms with Crippen LogP contribution in [0.4, 0.5) is 0 Å². The maximum atomic E-state index is 5.39. The Morgan fingerprint density at radius 2 is 1.90 bits per heavy atom. The fourth-order valence-electron chi connectivity index (χ4n) is 2.92. The Balaban J connectivity index is 0.00000300. The standard InChI is InChI=1S/C22H27N5O.HI/c1-17-9-10-18(13-21(17)28-3)11-12-24-22(23-2)25-14-19-15-26-27(16-19)20-7-5-4-6-8-20;/h4-10,13,15-16H,11-12,14H2,1-3H3,(H2,23,24,25);1H. The fourth-order valence-corrected chi connectivity index (χ4v) is 2.92. The first kappa shape index (κ1) is 22.7. The van der Waals surface area contributed by atoms with E-state index < -0.39 is 0 Å². The van der Waals surface area contributed by atoms with Crippen LogP contribution >= 0.6 is 24.0 Å². The molecule has 0 aliphatic carbocycles. The van der Waals surface area contributed by atoms with Crippen LogP contribution in [0.15, 0.2) is 65.9 Å². The minimum atomic E-state index is 0. The first-order chi connectivity index (χ1) is 13.7. The van der Waals surface area contributed by atoms with Crippen LogP contribution in [0.25, 0.3) is 5.69 Å². The summed E-state index contributed by atoms with van der Waals surface area (Å²) in [6.45, 7) is 3.49. The minimum absolute atomic E-state index is 0. The van der Waals surface area contributed by atoms with Crippen LogP contribution < -0.4 is 15.4 Å². The number of rotatable bonds is 7. The summed E-state index contributed by atoms with van der Waals surface area (Å²) in [5, 5.41) is 11.1. The second-order valence-electron chi connectivity index (χ2n) is 6.54. The number of aryl methyl sites for hydroxylation is 1. The topological polar surface area (TPSA) is 63.5 Å². The van der Waals surface area contributed by atoms with E-state index in [0.717, 1.165) is 41.5 Å². The summed E-state index contributed by atoms with van der Waals surface area (Å²) in [4.78, 5) is 4.29. The highest BCUT2D eigenvalue weighted by molar-refractivity contribution is 14.0. The van der Waals surface area contributed by atoms with Crippen LogP contribution in [-0.4, -0.2) is 36.4 Å². The van der Waals surface area contributed by atoms with Gasteiger partial charge in [0.25, 0.3) is 0 Å². The van der Waals surface area contributed by atoms with Crippen molar-refractivity contribution in [1.29, 1.82) is 0 Å². The van der Waals surface area contributed by atoms with Crippen molar-refractivity contribution in [1.82, 2.24) is 20.4 Å². The molecular weight excluding hydrogens is 477 g/mol. The molecule has 0 saturated heterocycles. The molecule has 29 heavy (non-hydrogen) atoms. The molecule has 3 rings (SSSR count). The van der Waals surface area contributed by atoms with Gasteiger partial charge in [-0.1, -0.05) is 30.3 Å². The van der Waals surface area contributed by atoms with Crippen molar-refractivity contribution in [3.8, 4) is 11.4 Å². The molecule has 1 heterocycles. The van der Waals surface area contributed by atoms with Gasteiger partial charge >= 0.3 is 0 Å². The molecule has 2 N–H and O–H groups in total. The molecule has 2 aromatic carbocycles. The Morgan fingerprint density at radius 1 is 1.10 bits per heavy atom. The van der Waals surface area contributed by atoms with Crippen LogP contribution in [-0.2, 0) is 13.0 Å². The number of guanidine groups is 1. The van der Waals surface area contributed by atoms with Crippen LogP contribution in [0, 0.1) is 6.92 Å². The number of para-hydroxylation sites is 1. The van der Waals surface area contributed by atoms with Gasteiger partial charge < -0.3 is 15.4 Å². The normalized spacial score (nSPS) is 10.9. The zero-order chi connectivity index (χ0) is 19.8. The highest BCUT2D eigenvalue weighted by atomic mass is 127. The van der Waals surface area contributed by atoms with Crippen LogP contribution in [0.2, 0.25) is 0 Å². The van der Waals surface area contributed by atoms with Gasteiger partial charge in [0.1, 0.15) is 5.75 Å². The fraction of sp³-hybridized carbons (Fsp3) is 0.273. The van der Waals surface area contributed by atoms with Crippen LogP contribution in [0.5, 0.6) is 5.75 Å². The molecule has 1 aromatic heterocycles. The lowest BCUT2D eigenvalue weighted by Crippen LogP contribution is -2.37. The summed E-state index contributed by atoms with van der Waals surface area (Å²) >= 11 is 0. The third-order valence-electron chi connectivity index (χ3n) is 4.52. The van der Waals surface area contributed by atoms with E-state index in [1.165, 1.54) is 5.56 Å². The smallest absolute Gasteiger partial charge is 0.191 e. The van der Waals surface area contributed by atoms with Gasteiger partial charge in [0, 0.05) is 31.9 Å². The van der Waals surface area contributed by atoms with Crippen molar-refractivity contribution >= 4 is 29.9 Å². The van der Waals surface area contributed by atoms with E-state index in [-0.39, 0.29) is 24.0 Å². The first-order valence-corrected chi connectivity index (χ1v) is 9.36. The zero-order valence-corrected chi connectivity index (χ0v) is 19.4. The van der Waals surface area contributed by atoms with Gasteiger partial charge in [-0.25, -0.2) is 4.68 Å². The molecule has 0 aliphatic rings. The van der Waals surface area contributed by atoms with Crippen molar-refractivity contribution in [3.63, 3.8) is 0 Å². The molecule has 0 saturated carbocycles. The predicted molar refractivity (Wildman–Crippen MR) is 129 cm³/mol. The summed E-state index contributed by atoms with van der Waals surface area (Å²) in [7, 11) is 3.48. The zero-order valence-electron chi connectivity index (χ0n) is 17.1. The van der Waals surface area contributed by atoms with Gasteiger partial charge in [0.05, 0.1) is 19.0 Å². The van der Waals surface area contributed by atoms with Crippen molar-refractivity contribution in [2.45, 2.75) is 19.9 Å². The van der Waals surface area contributed by atoms with Gasteiger partial charge in [0.2, 0.25) is 0 Å². The number of aromatic nitrogens is 2. The maximum Gasteiger partial charge on any atom is 0.191 e. The molecule has 0 bridgehead atoms. The Hall–Kier alpha value is -2.55. The van der Waals surface area contributed by atoms with E-state index in [4.69, 9.17) is 4.74 Å². The predicted octanol–water partition coefficient (Wildman–Crippen LogP) is 3.72. The van der Waals surface area contributed by atoms with E-state index in [1.807, 2.05) is 54.3 Å². The molecule has 6 nitrogen and oxygen atoms in total. The van der Waals surface area contributed by atoms with E-state index in [0.29, 0.717) is 6.54 Å². The number of nitrogens with one attached hydrogen (secondary N) is 2. The van der Waals surface area contributed by atoms with Gasteiger partial charge in [-0.15, -0.1) is 24.0 Å². The average molecular weight is 505 g/mol. The molecule has 154 valence electrons. The van der Waals surface area contributed by atoms with Gasteiger partial charge in [-0.05, 0) is 42.7 Å². The van der Waals surface area contributed by atoms with Gasteiger partial charge in [-0.2, -0.15) is 5.10 Å². The highest BCUT2D eigenvalue weighted by Gasteiger charge is 2.04. The largest absolute Gasteiger partial charge is 0.496 e. The first-order valence-electron chi connectivity index (χ1n) is 9.36. The van der Waals surface area contributed by atoms with Crippen molar-refractivity contribution in [2.24, 2.45) is 4.99 Å². The molecule has 0 fully saturated rings. The third-order valence-corrected chi connectivity index (χ3v) is 4.52. The van der Waals surface area contributed by atoms with Gasteiger partial charge in [0.15, 0.2) is 5.96 Å². The number of benzene rings is 2. The summed E-state index contributed by atoms with van der Waals surface area (Å²) in [5.74, 6) is 1.70. The molecule has 0 unspecified atom stereocenters. The van der Waals surface area contributed by atoms with Crippen LogP contribution in [0.1, 0.15) is 16.7 Å². The molecule has 0 spiro atoms. The molecular formula is C22H28IN5O. The van der Waals surface area contributed by atoms with Gasteiger partial charge in [-0.3, -0.25) is 4.99 Å². The molecule has 0 aliphatic heterocycles. The summed E-state index contributed by atoms with van der Waals surface area (Å²) in [5.41, 5.74) is 4.52. The highest BCUT2D eigenvalue weighted by Crippen LogP contribution is 2.19. The Morgan fingerprint density at radius 3 is 2.62 bits per heavy atom. The van der Waals surface area contributed by atoms with E-state index in [2.05, 4.69) is 38.9 Å². The summed E-state index contributed by atoms with van der Waals surface area (Å²) in [6, 6.07) is 16.4. The lowest BCUT2D eigenvalue weighted by molar-refractivity contribution is 0.411. The molecule has 0 radical (unpaired) electrons. The number of methoxy groups -OCH3 is 1. The van der Waals surface area contributed by atoms with Crippen molar-refractivity contribution < 1.29 is 4.74 Å². The van der Waals surface area contributed by atoms with Crippen molar-refractivity contribution in [2.75, 3.05) is 20.7 Å². The summed E-state index contributed by atoms with van der Waals surface area (Å²) < 4.78 is 7.26. The molecule has 7 heteroatoms. The number of halogens is 1. The van der Waals surface area contributed by atoms with Crippen LogP contribution in [0.3, 0.4) is 0 Å². The Bertz CT molecular complexity index is 924. The number of ether oxygens (including phenoxy) is 1.